The Morgan fingerprint density at radius 3 is 2.35 bits per heavy atom. The van der Waals surface area contributed by atoms with Crippen molar-refractivity contribution in [2.24, 2.45) is 5.92 Å². The van der Waals surface area contributed by atoms with Gasteiger partial charge in [-0.1, -0.05) is 42.5 Å². The SMILES string of the molecule is COc1cccc([C@H]2CN(C(=O)c3ccccc3)C[C@H]2C(=O)NCc2ccc(F)cc2)c1OC. The van der Waals surface area contributed by atoms with Gasteiger partial charge in [0.15, 0.2) is 11.5 Å². The van der Waals surface area contributed by atoms with Crippen LogP contribution in [-0.4, -0.2) is 44.0 Å². The summed E-state index contributed by atoms with van der Waals surface area (Å²) in [5, 5.41) is 2.95. The van der Waals surface area contributed by atoms with Crippen LogP contribution in [0.2, 0.25) is 0 Å². The van der Waals surface area contributed by atoms with Crippen molar-refractivity contribution in [2.45, 2.75) is 12.5 Å². The Balaban J connectivity index is 1.61. The van der Waals surface area contributed by atoms with Crippen molar-refractivity contribution >= 4 is 11.8 Å². The van der Waals surface area contributed by atoms with Gasteiger partial charge in [-0.05, 0) is 35.9 Å². The summed E-state index contributed by atoms with van der Waals surface area (Å²) >= 11 is 0. The van der Waals surface area contributed by atoms with Gasteiger partial charge in [-0.25, -0.2) is 4.39 Å². The molecule has 0 unspecified atom stereocenters. The van der Waals surface area contributed by atoms with Gasteiger partial charge in [-0.15, -0.1) is 0 Å². The van der Waals surface area contributed by atoms with Crippen LogP contribution in [0.4, 0.5) is 4.39 Å². The smallest absolute Gasteiger partial charge is 0.253 e. The van der Waals surface area contributed by atoms with Crippen molar-refractivity contribution in [3.63, 3.8) is 0 Å². The van der Waals surface area contributed by atoms with Gasteiger partial charge in [0, 0.05) is 36.7 Å². The van der Waals surface area contributed by atoms with E-state index in [0.717, 1.165) is 11.1 Å². The molecule has 1 N–H and O–H groups in total. The lowest BCUT2D eigenvalue weighted by Gasteiger charge is -2.21. The number of para-hydroxylation sites is 1. The summed E-state index contributed by atoms with van der Waals surface area (Å²) in [4.78, 5) is 28.2. The molecule has 0 aromatic heterocycles. The maximum absolute atomic E-state index is 13.3. The number of nitrogens with zero attached hydrogens (tertiary/aromatic N) is 1. The van der Waals surface area contributed by atoms with E-state index >= 15 is 0 Å². The quantitative estimate of drug-likeness (QED) is 0.576. The summed E-state index contributed by atoms with van der Waals surface area (Å²) < 4.78 is 24.3. The second-order valence-corrected chi connectivity index (χ2v) is 8.22. The highest BCUT2D eigenvalue weighted by atomic mass is 19.1. The number of nitrogens with one attached hydrogen (secondary N) is 1. The normalized spacial score (nSPS) is 17.3. The average molecular weight is 463 g/mol. The topological polar surface area (TPSA) is 67.9 Å². The summed E-state index contributed by atoms with van der Waals surface area (Å²) in [5.74, 6) is -0.284. The minimum absolute atomic E-state index is 0.124. The zero-order chi connectivity index (χ0) is 24.1. The van der Waals surface area contributed by atoms with E-state index in [0.29, 0.717) is 23.6 Å². The molecule has 1 aliphatic rings. The molecule has 1 saturated heterocycles. The zero-order valence-corrected chi connectivity index (χ0v) is 19.2. The van der Waals surface area contributed by atoms with Gasteiger partial charge in [0.05, 0.1) is 20.1 Å². The van der Waals surface area contributed by atoms with E-state index in [9.17, 15) is 14.0 Å². The summed E-state index contributed by atoms with van der Waals surface area (Å²) in [6.07, 6.45) is 0. The number of likely N-dealkylation sites (tertiary alicyclic amines) is 1. The number of hydrogen-bond donors (Lipinski definition) is 1. The van der Waals surface area contributed by atoms with Crippen molar-refractivity contribution < 1.29 is 23.5 Å². The molecule has 1 heterocycles. The summed E-state index contributed by atoms with van der Waals surface area (Å²) in [6, 6.07) is 20.6. The highest BCUT2D eigenvalue weighted by Crippen LogP contribution is 2.42. The van der Waals surface area contributed by atoms with Gasteiger partial charge in [0.25, 0.3) is 5.91 Å². The Morgan fingerprint density at radius 2 is 1.68 bits per heavy atom. The van der Waals surface area contributed by atoms with Gasteiger partial charge < -0.3 is 19.7 Å². The van der Waals surface area contributed by atoms with Crippen molar-refractivity contribution in [3.8, 4) is 11.5 Å². The first kappa shape index (κ1) is 23.3. The minimum Gasteiger partial charge on any atom is -0.493 e. The molecule has 2 atom stereocenters. The van der Waals surface area contributed by atoms with Crippen LogP contribution >= 0.6 is 0 Å². The second kappa shape index (κ2) is 10.4. The molecule has 0 radical (unpaired) electrons. The van der Waals surface area contributed by atoms with Gasteiger partial charge in [-0.3, -0.25) is 9.59 Å². The molecule has 1 fully saturated rings. The van der Waals surface area contributed by atoms with Crippen LogP contribution < -0.4 is 14.8 Å². The number of carbonyl (C=O) groups excluding carboxylic acids is 2. The molecule has 4 rings (SSSR count). The summed E-state index contributed by atoms with van der Waals surface area (Å²) in [7, 11) is 3.13. The Hall–Kier alpha value is -3.87. The van der Waals surface area contributed by atoms with Gasteiger partial charge in [-0.2, -0.15) is 0 Å². The molecule has 3 aromatic carbocycles. The standard InChI is InChI=1S/C27H27FN2O4/c1-33-24-10-6-9-21(25(24)34-2)22-16-30(27(32)19-7-4-3-5-8-19)17-23(22)26(31)29-15-18-11-13-20(28)14-12-18/h3-14,22-23H,15-17H2,1-2H3,(H,29,31)/t22-,23-/m1/s1. The van der Waals surface area contributed by atoms with Crippen LogP contribution in [-0.2, 0) is 11.3 Å². The van der Waals surface area contributed by atoms with E-state index in [2.05, 4.69) is 5.32 Å². The number of benzene rings is 3. The molecule has 0 aliphatic carbocycles. The van der Waals surface area contributed by atoms with E-state index in [1.165, 1.54) is 12.1 Å². The monoisotopic (exact) mass is 462 g/mol. The van der Waals surface area contributed by atoms with E-state index in [4.69, 9.17) is 9.47 Å². The molecule has 0 saturated carbocycles. The Labute approximate surface area is 198 Å². The Bertz CT molecular complexity index is 1150. The molecule has 0 spiro atoms. The lowest BCUT2D eigenvalue weighted by Crippen LogP contribution is -2.35. The van der Waals surface area contributed by atoms with Gasteiger partial charge >= 0.3 is 0 Å². The minimum atomic E-state index is -0.492. The molecular weight excluding hydrogens is 435 g/mol. The molecule has 7 heteroatoms. The number of rotatable bonds is 7. The molecule has 6 nitrogen and oxygen atoms in total. The third-order valence-electron chi connectivity index (χ3n) is 6.18. The number of amides is 2. The van der Waals surface area contributed by atoms with Crippen molar-refractivity contribution in [1.29, 1.82) is 0 Å². The number of ether oxygens (including phenoxy) is 2. The molecule has 1 aliphatic heterocycles. The maximum Gasteiger partial charge on any atom is 0.253 e. The maximum atomic E-state index is 13.3. The fourth-order valence-corrected chi connectivity index (χ4v) is 4.44. The second-order valence-electron chi connectivity index (χ2n) is 8.22. The van der Waals surface area contributed by atoms with Gasteiger partial charge in [0.1, 0.15) is 5.82 Å². The zero-order valence-electron chi connectivity index (χ0n) is 19.2. The van der Waals surface area contributed by atoms with Crippen LogP contribution in [0.25, 0.3) is 0 Å². The highest BCUT2D eigenvalue weighted by Gasteiger charge is 2.42. The molecule has 2 amide bonds. The predicted octanol–water partition coefficient (Wildman–Crippen LogP) is 4.02. The molecule has 3 aromatic rings. The van der Waals surface area contributed by atoms with E-state index < -0.39 is 5.92 Å². The fraction of sp³-hybridized carbons (Fsp3) is 0.259. The number of methoxy groups -OCH3 is 2. The molecule has 34 heavy (non-hydrogen) atoms. The first-order valence-electron chi connectivity index (χ1n) is 11.1. The Morgan fingerprint density at radius 1 is 0.941 bits per heavy atom. The highest BCUT2D eigenvalue weighted by molar-refractivity contribution is 5.95. The van der Waals surface area contributed by atoms with Crippen LogP contribution in [0.1, 0.15) is 27.4 Å². The largest absolute Gasteiger partial charge is 0.493 e. The van der Waals surface area contributed by atoms with Crippen molar-refractivity contribution in [1.82, 2.24) is 10.2 Å². The first-order chi connectivity index (χ1) is 16.5. The lowest BCUT2D eigenvalue weighted by atomic mass is 9.87. The third-order valence-corrected chi connectivity index (χ3v) is 6.18. The Kier molecular flexibility index (Phi) is 7.11. The molecule has 176 valence electrons. The fourth-order valence-electron chi connectivity index (χ4n) is 4.44. The molecule has 0 bridgehead atoms. The number of hydrogen-bond acceptors (Lipinski definition) is 4. The van der Waals surface area contributed by atoms with Crippen LogP contribution in [0.15, 0.2) is 72.8 Å². The van der Waals surface area contributed by atoms with Gasteiger partial charge in [0.2, 0.25) is 5.91 Å². The summed E-state index contributed by atoms with van der Waals surface area (Å²) in [5.41, 5.74) is 2.18. The van der Waals surface area contributed by atoms with E-state index in [-0.39, 0.29) is 36.6 Å². The predicted molar refractivity (Wildman–Crippen MR) is 126 cm³/mol. The third kappa shape index (κ3) is 4.88. The first-order valence-corrected chi connectivity index (χ1v) is 11.1. The van der Waals surface area contributed by atoms with Crippen LogP contribution in [0.5, 0.6) is 11.5 Å². The van der Waals surface area contributed by atoms with E-state index in [1.807, 2.05) is 30.3 Å². The summed E-state index contributed by atoms with van der Waals surface area (Å²) in [6.45, 7) is 0.907. The van der Waals surface area contributed by atoms with Crippen LogP contribution in [0, 0.1) is 11.7 Å². The number of carbonyl (C=O) groups is 2. The average Bonchev–Trinajstić information content (AvgIpc) is 3.33. The van der Waals surface area contributed by atoms with Crippen molar-refractivity contribution in [3.05, 3.63) is 95.3 Å². The number of halogens is 1. The van der Waals surface area contributed by atoms with Crippen LogP contribution in [0.3, 0.4) is 0 Å². The molecular formula is C27H27FN2O4. The van der Waals surface area contributed by atoms with E-state index in [1.54, 1.807) is 49.5 Å². The lowest BCUT2D eigenvalue weighted by molar-refractivity contribution is -0.125. The van der Waals surface area contributed by atoms with Crippen molar-refractivity contribution in [2.75, 3.05) is 27.3 Å².